The highest BCUT2D eigenvalue weighted by Crippen LogP contribution is 2.28. The maximum absolute atomic E-state index is 12.5. The number of halogens is 2. The average molecular weight is 442 g/mol. The minimum absolute atomic E-state index is 0.0456. The summed E-state index contributed by atoms with van der Waals surface area (Å²) >= 11 is 6.81. The van der Waals surface area contributed by atoms with E-state index in [4.69, 9.17) is 9.47 Å². The third kappa shape index (κ3) is 3.50. The van der Waals surface area contributed by atoms with Crippen LogP contribution in [0.25, 0.3) is 0 Å². The third-order valence-electron chi connectivity index (χ3n) is 3.54. The van der Waals surface area contributed by atoms with Crippen LogP contribution in [0.3, 0.4) is 0 Å². The smallest absolute Gasteiger partial charge is 0.255 e. The molecule has 7 heteroatoms. The molecule has 2 aromatic rings. The Kier molecular flexibility index (Phi) is 4.87. The fourth-order valence-electron chi connectivity index (χ4n) is 2.26. The zero-order valence-electron chi connectivity index (χ0n) is 12.3. The zero-order chi connectivity index (χ0) is 16.4. The summed E-state index contributed by atoms with van der Waals surface area (Å²) in [6, 6.07) is 9.05. The number of hydrogen-bond donors (Lipinski definition) is 0. The molecule has 0 bridgehead atoms. The van der Waals surface area contributed by atoms with Crippen LogP contribution in [0.15, 0.2) is 45.5 Å². The van der Waals surface area contributed by atoms with Gasteiger partial charge >= 0.3 is 0 Å². The van der Waals surface area contributed by atoms with Gasteiger partial charge in [-0.25, -0.2) is 4.98 Å². The fourth-order valence-corrected chi connectivity index (χ4v) is 3.02. The number of methoxy groups -OCH3 is 1. The minimum atomic E-state index is -0.0467. The van der Waals surface area contributed by atoms with Gasteiger partial charge in [-0.05, 0) is 62.2 Å². The first-order chi connectivity index (χ1) is 11.1. The van der Waals surface area contributed by atoms with Crippen LogP contribution in [0, 0.1) is 0 Å². The van der Waals surface area contributed by atoms with Crippen LogP contribution in [0.4, 0.5) is 0 Å². The number of benzene rings is 1. The van der Waals surface area contributed by atoms with Crippen LogP contribution in [-0.4, -0.2) is 42.1 Å². The summed E-state index contributed by atoms with van der Waals surface area (Å²) in [7, 11) is 1.58. The number of amides is 1. The van der Waals surface area contributed by atoms with E-state index < -0.39 is 0 Å². The Morgan fingerprint density at radius 3 is 2.74 bits per heavy atom. The van der Waals surface area contributed by atoms with Gasteiger partial charge in [0.05, 0.1) is 30.2 Å². The molecule has 1 saturated heterocycles. The van der Waals surface area contributed by atoms with Gasteiger partial charge in [0.2, 0.25) is 5.88 Å². The molecule has 0 unspecified atom stereocenters. The van der Waals surface area contributed by atoms with Crippen LogP contribution in [0.1, 0.15) is 10.4 Å². The highest BCUT2D eigenvalue weighted by molar-refractivity contribution is 9.10. The van der Waals surface area contributed by atoms with Crippen molar-refractivity contribution in [2.24, 2.45) is 0 Å². The van der Waals surface area contributed by atoms with E-state index in [1.807, 2.05) is 24.3 Å². The molecule has 120 valence electrons. The van der Waals surface area contributed by atoms with E-state index in [2.05, 4.69) is 36.8 Å². The van der Waals surface area contributed by atoms with Crippen molar-refractivity contribution in [1.29, 1.82) is 0 Å². The van der Waals surface area contributed by atoms with Crippen molar-refractivity contribution in [3.05, 3.63) is 51.0 Å². The lowest BCUT2D eigenvalue weighted by Gasteiger charge is -2.38. The second-order valence-electron chi connectivity index (χ2n) is 5.09. The summed E-state index contributed by atoms with van der Waals surface area (Å²) in [6.07, 6.45) is 1.63. The molecule has 0 aliphatic carbocycles. The normalized spacial score (nSPS) is 14.3. The van der Waals surface area contributed by atoms with E-state index in [1.165, 1.54) is 0 Å². The predicted octanol–water partition coefficient (Wildman–Crippen LogP) is 3.52. The van der Waals surface area contributed by atoms with Crippen LogP contribution < -0.4 is 9.47 Å². The fraction of sp³-hybridized carbons (Fsp3) is 0.250. The van der Waals surface area contributed by atoms with Crippen molar-refractivity contribution in [3.8, 4) is 11.6 Å². The number of pyridine rings is 1. The molecule has 1 aliphatic rings. The molecule has 1 aliphatic heterocycles. The van der Waals surface area contributed by atoms with E-state index in [9.17, 15) is 4.79 Å². The van der Waals surface area contributed by atoms with Crippen molar-refractivity contribution in [2.45, 2.75) is 6.10 Å². The van der Waals surface area contributed by atoms with Crippen molar-refractivity contribution >= 4 is 37.8 Å². The third-order valence-corrected chi connectivity index (χ3v) is 4.84. The Morgan fingerprint density at radius 2 is 2.04 bits per heavy atom. The molecule has 1 aromatic heterocycles. The van der Waals surface area contributed by atoms with E-state index in [-0.39, 0.29) is 12.0 Å². The molecule has 5 nitrogen and oxygen atoms in total. The van der Waals surface area contributed by atoms with Crippen LogP contribution in [-0.2, 0) is 0 Å². The summed E-state index contributed by atoms with van der Waals surface area (Å²) in [5.41, 5.74) is 0.585. The topological polar surface area (TPSA) is 51.7 Å². The molecule has 0 spiro atoms. The molecular formula is C16H14Br2N2O3. The van der Waals surface area contributed by atoms with Gasteiger partial charge in [-0.1, -0.05) is 0 Å². The molecule has 0 saturated carbocycles. The lowest BCUT2D eigenvalue weighted by molar-refractivity contribution is 0.0156. The van der Waals surface area contributed by atoms with Gasteiger partial charge in [0, 0.05) is 10.7 Å². The van der Waals surface area contributed by atoms with Crippen LogP contribution in [0.2, 0.25) is 0 Å². The molecule has 1 aromatic carbocycles. The first-order valence-corrected chi connectivity index (χ1v) is 8.57. The maximum Gasteiger partial charge on any atom is 0.255 e. The highest BCUT2D eigenvalue weighted by Gasteiger charge is 2.34. The van der Waals surface area contributed by atoms with Crippen molar-refractivity contribution in [1.82, 2.24) is 9.88 Å². The number of nitrogens with zero attached hydrogens (tertiary/aromatic N) is 2. The van der Waals surface area contributed by atoms with Gasteiger partial charge in [-0.15, -0.1) is 0 Å². The van der Waals surface area contributed by atoms with E-state index in [0.29, 0.717) is 30.3 Å². The van der Waals surface area contributed by atoms with Gasteiger partial charge < -0.3 is 14.4 Å². The second kappa shape index (κ2) is 6.88. The van der Waals surface area contributed by atoms with Gasteiger partial charge in [-0.3, -0.25) is 4.79 Å². The van der Waals surface area contributed by atoms with Crippen molar-refractivity contribution < 1.29 is 14.3 Å². The predicted molar refractivity (Wildman–Crippen MR) is 93.0 cm³/mol. The summed E-state index contributed by atoms with van der Waals surface area (Å²) in [5, 5.41) is 0. The van der Waals surface area contributed by atoms with E-state index >= 15 is 0 Å². The van der Waals surface area contributed by atoms with Gasteiger partial charge in [-0.2, -0.15) is 0 Å². The zero-order valence-corrected chi connectivity index (χ0v) is 15.5. The van der Waals surface area contributed by atoms with Crippen molar-refractivity contribution in [2.75, 3.05) is 20.2 Å². The molecule has 1 amide bonds. The van der Waals surface area contributed by atoms with Crippen LogP contribution >= 0.6 is 31.9 Å². The van der Waals surface area contributed by atoms with Crippen LogP contribution in [0.5, 0.6) is 11.6 Å². The largest absolute Gasteiger partial charge is 0.497 e. The Hall–Kier alpha value is -1.60. The van der Waals surface area contributed by atoms with Gasteiger partial charge in [0.15, 0.2) is 0 Å². The van der Waals surface area contributed by atoms with Crippen molar-refractivity contribution in [3.63, 3.8) is 0 Å². The summed E-state index contributed by atoms with van der Waals surface area (Å²) in [4.78, 5) is 18.4. The Labute approximate surface area is 150 Å². The number of ether oxygens (including phenoxy) is 2. The number of carbonyl (C=O) groups is 1. The minimum Gasteiger partial charge on any atom is -0.497 e. The molecular weight excluding hydrogens is 428 g/mol. The van der Waals surface area contributed by atoms with Gasteiger partial charge in [0.25, 0.3) is 5.91 Å². The number of likely N-dealkylation sites (tertiary alicyclic amines) is 1. The second-order valence-corrected chi connectivity index (χ2v) is 6.79. The molecule has 0 atom stereocenters. The lowest BCUT2D eigenvalue weighted by Crippen LogP contribution is -2.56. The molecule has 0 N–H and O–H groups in total. The maximum atomic E-state index is 12.5. The summed E-state index contributed by atoms with van der Waals surface area (Å²) < 4.78 is 12.5. The lowest BCUT2D eigenvalue weighted by atomic mass is 10.1. The quantitative estimate of drug-likeness (QED) is 0.728. The van der Waals surface area contributed by atoms with E-state index in [1.54, 1.807) is 24.3 Å². The molecule has 3 rings (SSSR count). The summed E-state index contributed by atoms with van der Waals surface area (Å²) in [6.45, 7) is 1.07. The Morgan fingerprint density at radius 1 is 1.26 bits per heavy atom. The average Bonchev–Trinajstić information content (AvgIpc) is 2.52. The Balaban J connectivity index is 1.63. The van der Waals surface area contributed by atoms with Gasteiger partial charge in [0.1, 0.15) is 11.9 Å². The number of hydrogen-bond acceptors (Lipinski definition) is 4. The number of rotatable bonds is 4. The SMILES string of the molecule is COc1ccc(Br)c(C(=O)N2CC(Oc3ncccc3Br)C2)c1. The highest BCUT2D eigenvalue weighted by atomic mass is 79.9. The first-order valence-electron chi connectivity index (χ1n) is 6.98. The first kappa shape index (κ1) is 16.3. The van der Waals surface area contributed by atoms with E-state index in [0.717, 1.165) is 8.95 Å². The Bertz CT molecular complexity index is 733. The molecule has 0 radical (unpaired) electrons. The molecule has 1 fully saturated rings. The molecule has 2 heterocycles. The number of carbonyl (C=O) groups excluding carboxylic acids is 1. The number of aromatic nitrogens is 1. The molecule has 23 heavy (non-hydrogen) atoms. The summed E-state index contributed by atoms with van der Waals surface area (Å²) in [5.74, 6) is 1.16. The monoisotopic (exact) mass is 440 g/mol. The standard InChI is InChI=1S/C16H14Br2N2O3/c1-22-10-4-5-13(17)12(7-10)16(21)20-8-11(9-20)23-15-14(18)3-2-6-19-15/h2-7,11H,8-9H2,1H3.